The zero-order valence-electron chi connectivity index (χ0n) is 13.2. The van der Waals surface area contributed by atoms with E-state index in [2.05, 4.69) is 25.9 Å². The van der Waals surface area contributed by atoms with E-state index in [0.717, 1.165) is 17.2 Å². The van der Waals surface area contributed by atoms with Gasteiger partial charge in [-0.15, -0.1) is 0 Å². The SMILES string of the molecule is Cc1nn(C)c(Cl)c1COC1CC2CCC1(C)C2(C)C. The van der Waals surface area contributed by atoms with Crippen LogP contribution in [0, 0.1) is 23.7 Å². The Morgan fingerprint density at radius 1 is 1.40 bits per heavy atom. The van der Waals surface area contributed by atoms with Crippen molar-refractivity contribution >= 4 is 11.6 Å². The summed E-state index contributed by atoms with van der Waals surface area (Å²) in [6, 6.07) is 0. The van der Waals surface area contributed by atoms with Gasteiger partial charge in [-0.2, -0.15) is 5.10 Å². The van der Waals surface area contributed by atoms with E-state index >= 15 is 0 Å². The number of fused-ring (bicyclic) bond motifs is 2. The lowest BCUT2D eigenvalue weighted by molar-refractivity contribution is -0.0551. The average molecular weight is 297 g/mol. The van der Waals surface area contributed by atoms with E-state index in [0.29, 0.717) is 28.7 Å². The molecule has 4 heteroatoms. The van der Waals surface area contributed by atoms with Gasteiger partial charge in [-0.1, -0.05) is 32.4 Å². The largest absolute Gasteiger partial charge is 0.373 e. The highest BCUT2D eigenvalue weighted by Crippen LogP contribution is 2.66. The lowest BCUT2D eigenvalue weighted by atomic mass is 9.70. The normalized spacial score (nSPS) is 34.9. The lowest BCUT2D eigenvalue weighted by Gasteiger charge is -2.38. The average Bonchev–Trinajstić information content (AvgIpc) is 2.82. The summed E-state index contributed by atoms with van der Waals surface area (Å²) in [5, 5.41) is 5.06. The summed E-state index contributed by atoms with van der Waals surface area (Å²) in [4.78, 5) is 0. The standard InChI is InChI=1S/C16H25ClN2O/c1-10-12(14(17)19(5)18-10)9-20-13-8-11-6-7-16(13,4)15(11,2)3/h11,13H,6-9H2,1-5H3. The topological polar surface area (TPSA) is 27.1 Å². The highest BCUT2D eigenvalue weighted by molar-refractivity contribution is 6.30. The number of nitrogens with zero attached hydrogens (tertiary/aromatic N) is 2. The molecular weight excluding hydrogens is 272 g/mol. The molecule has 0 amide bonds. The number of aryl methyl sites for hydroxylation is 2. The summed E-state index contributed by atoms with van der Waals surface area (Å²) in [7, 11) is 1.88. The zero-order chi connectivity index (χ0) is 14.7. The van der Waals surface area contributed by atoms with Gasteiger partial charge in [-0.05, 0) is 42.9 Å². The Hall–Kier alpha value is -0.540. The second-order valence-corrected chi connectivity index (χ2v) is 7.75. The van der Waals surface area contributed by atoms with Gasteiger partial charge in [-0.3, -0.25) is 4.68 Å². The van der Waals surface area contributed by atoms with Crippen LogP contribution in [-0.4, -0.2) is 15.9 Å². The van der Waals surface area contributed by atoms with Crippen LogP contribution >= 0.6 is 11.6 Å². The fourth-order valence-corrected chi connectivity index (χ4v) is 4.63. The van der Waals surface area contributed by atoms with Crippen molar-refractivity contribution in [3.8, 4) is 0 Å². The minimum atomic E-state index is 0.306. The molecule has 2 aliphatic carbocycles. The van der Waals surface area contributed by atoms with Crippen LogP contribution in [0.5, 0.6) is 0 Å². The van der Waals surface area contributed by atoms with Crippen molar-refractivity contribution in [2.75, 3.05) is 0 Å². The number of halogens is 1. The summed E-state index contributed by atoms with van der Waals surface area (Å²) in [6.45, 7) is 9.81. The van der Waals surface area contributed by atoms with Crippen LogP contribution in [-0.2, 0) is 18.4 Å². The van der Waals surface area contributed by atoms with Crippen molar-refractivity contribution in [2.24, 2.45) is 23.8 Å². The third kappa shape index (κ3) is 1.79. The van der Waals surface area contributed by atoms with Crippen molar-refractivity contribution in [1.29, 1.82) is 0 Å². The summed E-state index contributed by atoms with van der Waals surface area (Å²) in [5.74, 6) is 0.808. The number of hydrogen-bond acceptors (Lipinski definition) is 2. The van der Waals surface area contributed by atoms with Gasteiger partial charge in [0.15, 0.2) is 0 Å². The first-order valence-corrected chi connectivity index (χ1v) is 7.94. The number of aromatic nitrogens is 2. The van der Waals surface area contributed by atoms with Crippen LogP contribution in [0.15, 0.2) is 0 Å². The third-order valence-electron chi connectivity index (χ3n) is 6.41. The summed E-state index contributed by atoms with van der Waals surface area (Å²) in [6.07, 6.45) is 4.19. The van der Waals surface area contributed by atoms with E-state index in [1.807, 2.05) is 14.0 Å². The molecule has 2 fully saturated rings. The van der Waals surface area contributed by atoms with E-state index in [9.17, 15) is 0 Å². The molecule has 2 aliphatic rings. The molecule has 3 unspecified atom stereocenters. The Bertz CT molecular complexity index is 537. The predicted octanol–water partition coefficient (Wildman–Crippen LogP) is 4.11. The molecule has 0 radical (unpaired) electrons. The molecule has 0 N–H and O–H groups in total. The van der Waals surface area contributed by atoms with Crippen LogP contribution in [0.2, 0.25) is 5.15 Å². The molecule has 2 bridgehead atoms. The highest BCUT2D eigenvalue weighted by atomic mass is 35.5. The second-order valence-electron chi connectivity index (χ2n) is 7.39. The molecule has 0 aromatic carbocycles. The number of rotatable bonds is 3. The van der Waals surface area contributed by atoms with Gasteiger partial charge in [0.1, 0.15) is 5.15 Å². The fraction of sp³-hybridized carbons (Fsp3) is 0.812. The smallest absolute Gasteiger partial charge is 0.132 e. The predicted molar refractivity (Wildman–Crippen MR) is 80.8 cm³/mol. The summed E-state index contributed by atoms with van der Waals surface area (Å²) < 4.78 is 8.02. The van der Waals surface area contributed by atoms with Crippen LogP contribution in [0.25, 0.3) is 0 Å². The molecule has 3 atom stereocenters. The Kier molecular flexibility index (Phi) is 3.22. The Labute approximate surface area is 126 Å². The van der Waals surface area contributed by atoms with Crippen molar-refractivity contribution < 1.29 is 4.74 Å². The summed E-state index contributed by atoms with van der Waals surface area (Å²) in [5.41, 5.74) is 2.72. The Morgan fingerprint density at radius 2 is 2.10 bits per heavy atom. The maximum atomic E-state index is 6.30. The van der Waals surface area contributed by atoms with Crippen LogP contribution < -0.4 is 0 Å². The van der Waals surface area contributed by atoms with E-state index in [1.165, 1.54) is 19.3 Å². The van der Waals surface area contributed by atoms with Crippen LogP contribution in [0.3, 0.4) is 0 Å². The van der Waals surface area contributed by atoms with Gasteiger partial charge >= 0.3 is 0 Å². The van der Waals surface area contributed by atoms with Crippen molar-refractivity contribution in [1.82, 2.24) is 9.78 Å². The molecule has 1 heterocycles. The van der Waals surface area contributed by atoms with Crippen molar-refractivity contribution in [3.63, 3.8) is 0 Å². The van der Waals surface area contributed by atoms with Gasteiger partial charge in [-0.25, -0.2) is 0 Å². The molecule has 3 nitrogen and oxygen atoms in total. The molecule has 3 rings (SSSR count). The number of ether oxygens (including phenoxy) is 1. The third-order valence-corrected chi connectivity index (χ3v) is 6.89. The van der Waals surface area contributed by atoms with Gasteiger partial charge in [0, 0.05) is 12.6 Å². The van der Waals surface area contributed by atoms with E-state index in [4.69, 9.17) is 16.3 Å². The molecule has 0 saturated heterocycles. The maximum absolute atomic E-state index is 6.30. The van der Waals surface area contributed by atoms with Crippen LogP contribution in [0.1, 0.15) is 51.3 Å². The van der Waals surface area contributed by atoms with E-state index in [-0.39, 0.29) is 0 Å². The number of hydrogen-bond donors (Lipinski definition) is 0. The highest BCUT2D eigenvalue weighted by Gasteiger charge is 2.61. The molecular formula is C16H25ClN2O. The second kappa shape index (κ2) is 4.48. The monoisotopic (exact) mass is 296 g/mol. The quantitative estimate of drug-likeness (QED) is 0.839. The van der Waals surface area contributed by atoms with Gasteiger partial charge in [0.2, 0.25) is 0 Å². The van der Waals surface area contributed by atoms with Crippen LogP contribution in [0.4, 0.5) is 0 Å². The molecule has 1 aromatic heterocycles. The van der Waals surface area contributed by atoms with Gasteiger partial charge < -0.3 is 4.74 Å². The minimum Gasteiger partial charge on any atom is -0.373 e. The molecule has 0 aliphatic heterocycles. The Morgan fingerprint density at radius 3 is 2.55 bits per heavy atom. The van der Waals surface area contributed by atoms with Crippen molar-refractivity contribution in [2.45, 2.75) is 59.7 Å². The van der Waals surface area contributed by atoms with E-state index < -0.39 is 0 Å². The first-order chi connectivity index (χ1) is 9.27. The Balaban J connectivity index is 1.75. The molecule has 1 aromatic rings. The lowest BCUT2D eigenvalue weighted by Crippen LogP contribution is -2.37. The maximum Gasteiger partial charge on any atom is 0.132 e. The molecule has 2 saturated carbocycles. The zero-order valence-corrected chi connectivity index (χ0v) is 13.9. The fourth-order valence-electron chi connectivity index (χ4n) is 4.40. The molecule has 0 spiro atoms. The summed E-state index contributed by atoms with van der Waals surface area (Å²) >= 11 is 6.29. The minimum absolute atomic E-state index is 0.306. The van der Waals surface area contributed by atoms with Gasteiger partial charge in [0.25, 0.3) is 0 Å². The first kappa shape index (κ1) is 14.4. The molecule has 20 heavy (non-hydrogen) atoms. The van der Waals surface area contributed by atoms with Gasteiger partial charge in [0.05, 0.1) is 18.4 Å². The molecule has 112 valence electrons. The van der Waals surface area contributed by atoms with E-state index in [1.54, 1.807) is 4.68 Å². The van der Waals surface area contributed by atoms with Crippen molar-refractivity contribution in [3.05, 3.63) is 16.4 Å². The first-order valence-electron chi connectivity index (χ1n) is 7.57.